The predicted octanol–water partition coefficient (Wildman–Crippen LogP) is 2.14. The van der Waals surface area contributed by atoms with Gasteiger partial charge in [-0.15, -0.1) is 0 Å². The van der Waals surface area contributed by atoms with E-state index in [0.29, 0.717) is 11.5 Å². The molecule has 4 fully saturated rings. The molecule has 4 saturated carbocycles. The van der Waals surface area contributed by atoms with Gasteiger partial charge in [0.05, 0.1) is 0 Å². The highest BCUT2D eigenvalue weighted by atomic mass is 14.9. The Morgan fingerprint density at radius 1 is 1.12 bits per heavy atom. The fraction of sp³-hybridized carbons (Fsp3) is 1.00. The first-order valence-corrected chi connectivity index (χ1v) is 7.12. The number of nitrogens with two attached hydrogens (primary N) is 1. The van der Waals surface area contributed by atoms with Gasteiger partial charge < -0.3 is 11.1 Å². The van der Waals surface area contributed by atoms with Crippen LogP contribution in [0.1, 0.15) is 45.4 Å². The number of hydrogen-bond donors (Lipinski definition) is 2. The van der Waals surface area contributed by atoms with Crippen molar-refractivity contribution >= 4 is 0 Å². The SMILES string of the molecule is C[C@@H](CN)NCC12CC3CC(CC(C3)C1)C2. The summed E-state index contributed by atoms with van der Waals surface area (Å²) in [4.78, 5) is 0. The number of hydrogen-bond acceptors (Lipinski definition) is 2. The third-order valence-electron chi connectivity index (χ3n) is 5.34. The molecule has 0 radical (unpaired) electrons. The van der Waals surface area contributed by atoms with Gasteiger partial charge in [-0.2, -0.15) is 0 Å². The molecule has 0 aromatic carbocycles. The second-order valence-electron chi connectivity index (χ2n) is 6.94. The summed E-state index contributed by atoms with van der Waals surface area (Å²) in [5, 5.41) is 3.66. The summed E-state index contributed by atoms with van der Waals surface area (Å²) in [5.74, 6) is 3.21. The van der Waals surface area contributed by atoms with Crippen molar-refractivity contribution in [2.75, 3.05) is 13.1 Å². The highest BCUT2D eigenvalue weighted by Crippen LogP contribution is 2.59. The second-order valence-corrected chi connectivity index (χ2v) is 6.94. The van der Waals surface area contributed by atoms with Crippen molar-refractivity contribution in [3.63, 3.8) is 0 Å². The van der Waals surface area contributed by atoms with Crippen LogP contribution in [0.15, 0.2) is 0 Å². The normalized spacial score (nSPS) is 47.2. The van der Waals surface area contributed by atoms with Crippen molar-refractivity contribution in [2.45, 2.75) is 51.5 Å². The first-order valence-electron chi connectivity index (χ1n) is 7.12. The Hall–Kier alpha value is -0.0800. The van der Waals surface area contributed by atoms with Crippen LogP contribution in [0.4, 0.5) is 0 Å². The largest absolute Gasteiger partial charge is 0.329 e. The van der Waals surface area contributed by atoms with Gasteiger partial charge in [-0.3, -0.25) is 0 Å². The van der Waals surface area contributed by atoms with Gasteiger partial charge in [-0.05, 0) is 68.6 Å². The molecule has 0 aliphatic heterocycles. The first-order chi connectivity index (χ1) is 7.69. The van der Waals surface area contributed by atoms with E-state index in [1.54, 1.807) is 19.3 Å². The van der Waals surface area contributed by atoms with E-state index in [-0.39, 0.29) is 0 Å². The van der Waals surface area contributed by atoms with Crippen molar-refractivity contribution in [3.8, 4) is 0 Å². The highest BCUT2D eigenvalue weighted by Gasteiger charge is 2.50. The van der Waals surface area contributed by atoms with Crippen molar-refractivity contribution in [2.24, 2.45) is 28.9 Å². The molecule has 4 aliphatic rings. The molecule has 0 aromatic rings. The summed E-state index contributed by atoms with van der Waals surface area (Å²) in [7, 11) is 0. The van der Waals surface area contributed by atoms with E-state index >= 15 is 0 Å². The lowest BCUT2D eigenvalue weighted by Gasteiger charge is -2.57. The van der Waals surface area contributed by atoms with Gasteiger partial charge in [-0.1, -0.05) is 0 Å². The van der Waals surface area contributed by atoms with Crippen LogP contribution < -0.4 is 11.1 Å². The minimum Gasteiger partial charge on any atom is -0.329 e. The van der Waals surface area contributed by atoms with Crippen LogP contribution in [-0.2, 0) is 0 Å². The summed E-state index contributed by atoms with van der Waals surface area (Å²) in [5.41, 5.74) is 6.35. The van der Waals surface area contributed by atoms with Crippen molar-refractivity contribution in [1.82, 2.24) is 5.32 Å². The van der Waals surface area contributed by atoms with E-state index in [4.69, 9.17) is 5.73 Å². The second kappa shape index (κ2) is 3.99. The summed E-state index contributed by atoms with van der Waals surface area (Å²) < 4.78 is 0. The molecule has 2 nitrogen and oxygen atoms in total. The van der Waals surface area contributed by atoms with Crippen molar-refractivity contribution in [1.29, 1.82) is 0 Å². The summed E-state index contributed by atoms with van der Waals surface area (Å²) in [6.07, 6.45) is 9.15. The average molecular weight is 222 g/mol. The van der Waals surface area contributed by atoms with Crippen molar-refractivity contribution < 1.29 is 0 Å². The van der Waals surface area contributed by atoms with Gasteiger partial charge in [0.2, 0.25) is 0 Å². The lowest BCUT2D eigenvalue weighted by Crippen LogP contribution is -2.52. The third-order valence-corrected chi connectivity index (χ3v) is 5.34. The molecule has 92 valence electrons. The van der Waals surface area contributed by atoms with Crippen LogP contribution in [0.5, 0.6) is 0 Å². The van der Waals surface area contributed by atoms with E-state index in [9.17, 15) is 0 Å². The fourth-order valence-corrected chi connectivity index (χ4v) is 4.98. The quantitative estimate of drug-likeness (QED) is 0.765. The number of nitrogens with one attached hydrogen (secondary N) is 1. The number of rotatable bonds is 4. The molecule has 2 heteroatoms. The molecule has 4 bridgehead atoms. The third kappa shape index (κ3) is 1.91. The lowest BCUT2D eigenvalue weighted by molar-refractivity contribution is -0.0521. The molecule has 3 N–H and O–H groups in total. The lowest BCUT2D eigenvalue weighted by atomic mass is 9.49. The maximum atomic E-state index is 5.69. The predicted molar refractivity (Wildman–Crippen MR) is 67.1 cm³/mol. The molecule has 4 rings (SSSR count). The molecule has 0 amide bonds. The smallest absolute Gasteiger partial charge is 0.0162 e. The summed E-state index contributed by atoms with van der Waals surface area (Å²) in [6, 6.07) is 0.494. The van der Waals surface area contributed by atoms with Crippen LogP contribution in [-0.4, -0.2) is 19.1 Å². The molecular formula is C14H26N2. The summed E-state index contributed by atoms with van der Waals surface area (Å²) >= 11 is 0. The Kier molecular flexibility index (Phi) is 2.75. The molecule has 0 spiro atoms. The van der Waals surface area contributed by atoms with Crippen LogP contribution in [0.3, 0.4) is 0 Å². The van der Waals surface area contributed by atoms with E-state index in [1.807, 2.05) is 0 Å². The van der Waals surface area contributed by atoms with Gasteiger partial charge in [-0.25, -0.2) is 0 Å². The molecule has 0 heterocycles. The summed E-state index contributed by atoms with van der Waals surface area (Å²) in [6.45, 7) is 4.21. The fourth-order valence-electron chi connectivity index (χ4n) is 4.98. The molecular weight excluding hydrogens is 196 g/mol. The maximum absolute atomic E-state index is 5.69. The monoisotopic (exact) mass is 222 g/mol. The van der Waals surface area contributed by atoms with Gasteiger partial charge in [0.25, 0.3) is 0 Å². The molecule has 0 aromatic heterocycles. The Morgan fingerprint density at radius 3 is 2.06 bits per heavy atom. The zero-order chi connectivity index (χ0) is 11.2. The van der Waals surface area contributed by atoms with Crippen molar-refractivity contribution in [3.05, 3.63) is 0 Å². The van der Waals surface area contributed by atoms with Gasteiger partial charge >= 0.3 is 0 Å². The zero-order valence-corrected chi connectivity index (χ0v) is 10.5. The van der Waals surface area contributed by atoms with E-state index in [0.717, 1.165) is 24.3 Å². The Bertz CT molecular complexity index is 226. The molecule has 16 heavy (non-hydrogen) atoms. The standard InChI is InChI=1S/C14H26N2/c1-10(8-15)16-9-14-5-11-2-12(6-14)4-13(3-11)7-14/h10-13,16H,2-9,15H2,1H3/t10-,11?,12?,13?,14?/m0/s1. The first kappa shape index (κ1) is 11.0. The molecule has 4 aliphatic carbocycles. The van der Waals surface area contributed by atoms with E-state index < -0.39 is 0 Å². The highest BCUT2D eigenvalue weighted by molar-refractivity contribution is 5.02. The van der Waals surface area contributed by atoms with Gasteiger partial charge in [0, 0.05) is 19.1 Å². The van der Waals surface area contributed by atoms with Gasteiger partial charge in [0.1, 0.15) is 0 Å². The van der Waals surface area contributed by atoms with Crippen LogP contribution in [0, 0.1) is 23.2 Å². The topological polar surface area (TPSA) is 38.0 Å². The average Bonchev–Trinajstić information content (AvgIpc) is 2.24. The van der Waals surface area contributed by atoms with Crippen LogP contribution in [0.2, 0.25) is 0 Å². The minimum absolute atomic E-state index is 0.494. The molecule has 1 atom stereocenters. The van der Waals surface area contributed by atoms with Gasteiger partial charge in [0.15, 0.2) is 0 Å². The maximum Gasteiger partial charge on any atom is 0.0162 e. The van der Waals surface area contributed by atoms with Crippen LogP contribution >= 0.6 is 0 Å². The Morgan fingerprint density at radius 2 is 1.62 bits per heavy atom. The molecule has 0 saturated heterocycles. The molecule has 0 unspecified atom stereocenters. The van der Waals surface area contributed by atoms with E-state index in [1.165, 1.54) is 25.8 Å². The zero-order valence-electron chi connectivity index (χ0n) is 10.5. The van der Waals surface area contributed by atoms with E-state index in [2.05, 4.69) is 12.2 Å². The Labute approximate surface area is 99.4 Å². The Balaban J connectivity index is 1.64. The minimum atomic E-state index is 0.494. The van der Waals surface area contributed by atoms with Crippen LogP contribution in [0.25, 0.3) is 0 Å².